The van der Waals surface area contributed by atoms with Gasteiger partial charge in [0.15, 0.2) is 0 Å². The summed E-state index contributed by atoms with van der Waals surface area (Å²) in [6, 6.07) is 0. The highest BCUT2D eigenvalue weighted by Gasteiger charge is 2.18. The molecule has 0 aromatic carbocycles. The number of hydrogen-bond acceptors (Lipinski definition) is 7. The number of hydrogen-bond donors (Lipinski definition) is 0. The van der Waals surface area contributed by atoms with Crippen LogP contribution in [0, 0.1) is 0 Å². The molecule has 0 saturated carbocycles. The summed E-state index contributed by atoms with van der Waals surface area (Å²) in [5, 5.41) is 25.1. The fourth-order valence-corrected chi connectivity index (χ4v) is 1.58. The molecule has 2 aromatic heterocycles. The van der Waals surface area contributed by atoms with Crippen molar-refractivity contribution in [1.29, 1.82) is 0 Å². The van der Waals surface area contributed by atoms with Crippen molar-refractivity contribution in [1.82, 2.24) is 40.5 Å². The highest BCUT2D eigenvalue weighted by atomic mass is 15.8. The van der Waals surface area contributed by atoms with Gasteiger partial charge in [0.2, 0.25) is 11.6 Å². The molecule has 2 rings (SSSR count). The van der Waals surface area contributed by atoms with Crippen molar-refractivity contribution < 1.29 is 0 Å². The Morgan fingerprint density at radius 1 is 0.941 bits per heavy atom. The predicted molar refractivity (Wildman–Crippen MR) is 59.6 cm³/mol. The first kappa shape index (κ1) is 11.4. The normalized spacial score (nSPS) is 10.8. The van der Waals surface area contributed by atoms with Crippen LogP contribution in [0.15, 0.2) is 0 Å². The maximum atomic E-state index is 3.98. The van der Waals surface area contributed by atoms with Crippen LogP contribution in [0.2, 0.25) is 0 Å². The second-order valence-electron chi connectivity index (χ2n) is 3.35. The maximum Gasteiger partial charge on any atom is 0.243 e. The second kappa shape index (κ2) is 4.85. The molecule has 0 N–H and O–H groups in total. The molecular formula is C8H15N9. The van der Waals surface area contributed by atoms with Crippen LogP contribution in [0.5, 0.6) is 0 Å². The van der Waals surface area contributed by atoms with Gasteiger partial charge in [-0.05, 0) is 41.6 Å². The van der Waals surface area contributed by atoms with Crippen LogP contribution in [0.4, 0.5) is 0 Å². The summed E-state index contributed by atoms with van der Waals surface area (Å²) in [6.07, 6.45) is 0. The second-order valence-corrected chi connectivity index (χ2v) is 3.35. The molecule has 92 valence electrons. The Morgan fingerprint density at radius 3 is 2.24 bits per heavy atom. The Kier molecular flexibility index (Phi) is 3.26. The lowest BCUT2D eigenvalue weighted by atomic mass is 10.5. The average Bonchev–Trinajstić information content (AvgIpc) is 2.97. The lowest BCUT2D eigenvalue weighted by Crippen LogP contribution is -2.36. The van der Waals surface area contributed by atoms with Crippen molar-refractivity contribution in [3.05, 3.63) is 0 Å². The monoisotopic (exact) mass is 237 g/mol. The van der Waals surface area contributed by atoms with Crippen LogP contribution in [0.25, 0.3) is 11.6 Å². The quantitative estimate of drug-likeness (QED) is 0.680. The molecule has 0 aliphatic heterocycles. The van der Waals surface area contributed by atoms with Crippen LogP contribution in [0.1, 0.15) is 20.8 Å². The lowest BCUT2D eigenvalue weighted by Gasteiger charge is -2.20. The summed E-state index contributed by atoms with van der Waals surface area (Å²) in [6.45, 7) is 8.33. The van der Waals surface area contributed by atoms with Gasteiger partial charge in [0.05, 0.1) is 0 Å². The predicted octanol–water partition coefficient (Wildman–Crippen LogP) is -0.676. The highest BCUT2D eigenvalue weighted by molar-refractivity contribution is 5.41. The third-order valence-electron chi connectivity index (χ3n) is 2.48. The minimum absolute atomic E-state index is 0.556. The van der Waals surface area contributed by atoms with Crippen LogP contribution in [-0.2, 0) is 6.54 Å². The van der Waals surface area contributed by atoms with Crippen LogP contribution in [0.3, 0.4) is 0 Å². The van der Waals surface area contributed by atoms with Crippen molar-refractivity contribution in [3.63, 3.8) is 0 Å². The van der Waals surface area contributed by atoms with Gasteiger partial charge in [0.1, 0.15) is 0 Å². The SMILES string of the molecule is CCN(CC)n1nnnc1-c1nnnn1CC. The molecule has 2 aromatic rings. The Hall–Kier alpha value is -2.06. The molecule has 9 nitrogen and oxygen atoms in total. The van der Waals surface area contributed by atoms with Crippen molar-refractivity contribution in [2.45, 2.75) is 27.3 Å². The van der Waals surface area contributed by atoms with Gasteiger partial charge in [0, 0.05) is 19.6 Å². The van der Waals surface area contributed by atoms with E-state index in [1.165, 1.54) is 0 Å². The molecule has 0 amide bonds. The van der Waals surface area contributed by atoms with Gasteiger partial charge in [-0.2, -0.15) is 0 Å². The minimum atomic E-state index is 0.556. The Balaban J connectivity index is 2.43. The molecule has 0 unspecified atom stereocenters. The first-order chi connectivity index (χ1) is 8.31. The first-order valence-corrected chi connectivity index (χ1v) is 5.61. The van der Waals surface area contributed by atoms with E-state index in [0.29, 0.717) is 18.2 Å². The zero-order valence-electron chi connectivity index (χ0n) is 10.1. The molecule has 0 aliphatic carbocycles. The van der Waals surface area contributed by atoms with Gasteiger partial charge in [0.25, 0.3) is 0 Å². The Morgan fingerprint density at radius 2 is 1.59 bits per heavy atom. The van der Waals surface area contributed by atoms with Crippen LogP contribution < -0.4 is 5.01 Å². The zero-order chi connectivity index (χ0) is 12.3. The van der Waals surface area contributed by atoms with E-state index in [-0.39, 0.29) is 0 Å². The fraction of sp³-hybridized carbons (Fsp3) is 0.750. The average molecular weight is 237 g/mol. The van der Waals surface area contributed by atoms with Gasteiger partial charge in [-0.3, -0.25) is 5.01 Å². The molecule has 0 spiro atoms. The lowest BCUT2D eigenvalue weighted by molar-refractivity contribution is 0.538. The molecule has 0 bridgehead atoms. The topological polar surface area (TPSA) is 90.4 Å². The van der Waals surface area contributed by atoms with Crippen LogP contribution >= 0.6 is 0 Å². The number of rotatable bonds is 5. The number of aryl methyl sites for hydroxylation is 1. The summed E-state index contributed by atoms with van der Waals surface area (Å²) in [7, 11) is 0. The third kappa shape index (κ3) is 1.95. The Labute approximate surface area is 98.4 Å². The van der Waals surface area contributed by atoms with Gasteiger partial charge >= 0.3 is 0 Å². The van der Waals surface area contributed by atoms with Crippen molar-refractivity contribution in [2.24, 2.45) is 0 Å². The van der Waals surface area contributed by atoms with Crippen LogP contribution in [-0.4, -0.2) is 53.6 Å². The number of aromatic nitrogens is 8. The fourth-order valence-electron chi connectivity index (χ4n) is 1.58. The van der Waals surface area contributed by atoms with E-state index < -0.39 is 0 Å². The Bertz CT molecular complexity index is 469. The summed E-state index contributed by atoms with van der Waals surface area (Å²) < 4.78 is 1.66. The molecular weight excluding hydrogens is 222 g/mol. The van der Waals surface area contributed by atoms with Crippen molar-refractivity contribution in [2.75, 3.05) is 18.1 Å². The smallest absolute Gasteiger partial charge is 0.243 e. The molecule has 2 heterocycles. The molecule has 9 heteroatoms. The maximum absolute atomic E-state index is 3.98. The van der Waals surface area contributed by atoms with Gasteiger partial charge < -0.3 is 0 Å². The van der Waals surface area contributed by atoms with E-state index in [0.717, 1.165) is 13.1 Å². The third-order valence-corrected chi connectivity index (χ3v) is 2.48. The van der Waals surface area contributed by atoms with E-state index in [1.54, 1.807) is 9.47 Å². The van der Waals surface area contributed by atoms with Gasteiger partial charge in [-0.15, -0.1) is 15.0 Å². The van der Waals surface area contributed by atoms with Gasteiger partial charge in [-0.25, -0.2) is 4.68 Å². The first-order valence-electron chi connectivity index (χ1n) is 5.61. The standard InChI is InChI=1S/C8H15N9/c1-4-15(5-2)17-8(10-12-14-17)7-9-11-13-16(7)6-3/h4-6H2,1-3H3. The van der Waals surface area contributed by atoms with Crippen molar-refractivity contribution >= 4 is 0 Å². The highest BCUT2D eigenvalue weighted by Crippen LogP contribution is 2.10. The van der Waals surface area contributed by atoms with E-state index in [2.05, 4.69) is 31.1 Å². The number of tetrazole rings is 2. The summed E-state index contributed by atoms with van der Waals surface area (Å²) >= 11 is 0. The number of nitrogens with zero attached hydrogens (tertiary/aromatic N) is 9. The van der Waals surface area contributed by atoms with E-state index in [9.17, 15) is 0 Å². The van der Waals surface area contributed by atoms with Gasteiger partial charge in [-0.1, -0.05) is 0 Å². The summed E-state index contributed by atoms with van der Waals surface area (Å²) in [5.41, 5.74) is 0. The molecule has 0 atom stereocenters. The molecule has 0 fully saturated rings. The molecule has 0 radical (unpaired) electrons. The summed E-state index contributed by atoms with van der Waals surface area (Å²) in [5.74, 6) is 1.13. The van der Waals surface area contributed by atoms with Crippen molar-refractivity contribution in [3.8, 4) is 11.6 Å². The van der Waals surface area contributed by atoms with E-state index >= 15 is 0 Å². The molecule has 0 aliphatic rings. The largest absolute Gasteiger partial charge is 0.294 e. The molecule has 0 saturated heterocycles. The molecule has 17 heavy (non-hydrogen) atoms. The van der Waals surface area contributed by atoms with E-state index in [4.69, 9.17) is 0 Å². The summed E-state index contributed by atoms with van der Waals surface area (Å²) in [4.78, 5) is 1.64. The zero-order valence-corrected chi connectivity index (χ0v) is 10.1. The van der Waals surface area contributed by atoms with E-state index in [1.807, 2.05) is 25.8 Å². The minimum Gasteiger partial charge on any atom is -0.294 e.